The summed E-state index contributed by atoms with van der Waals surface area (Å²) in [6, 6.07) is 3.22. The minimum Gasteiger partial charge on any atom is -0.465 e. The average molecular weight is 290 g/mol. The van der Waals surface area contributed by atoms with Crippen LogP contribution in [0.2, 0.25) is 19.6 Å². The Kier molecular flexibility index (Phi) is 5.17. The fraction of sp³-hybridized carbons (Fsp3) is 0.357. The zero-order valence-electron chi connectivity index (χ0n) is 12.4. The van der Waals surface area contributed by atoms with E-state index in [2.05, 4.69) is 31.1 Å². The first kappa shape index (κ1) is 16.5. The van der Waals surface area contributed by atoms with Crippen LogP contribution >= 0.6 is 0 Å². The zero-order chi connectivity index (χ0) is 15.5. The van der Waals surface area contributed by atoms with Gasteiger partial charge in [-0.05, 0) is 30.1 Å². The minimum absolute atomic E-state index is 0.271. The molecule has 0 radical (unpaired) electrons. The smallest absolute Gasteiger partial charge is 0.465 e. The van der Waals surface area contributed by atoms with E-state index in [1.54, 1.807) is 19.1 Å². The second kappa shape index (κ2) is 6.27. The normalized spacial score (nSPS) is 10.6. The van der Waals surface area contributed by atoms with Gasteiger partial charge in [-0.2, -0.15) is 0 Å². The van der Waals surface area contributed by atoms with Gasteiger partial charge in [0.2, 0.25) is 0 Å². The predicted molar refractivity (Wildman–Crippen MR) is 82.6 cm³/mol. The van der Waals surface area contributed by atoms with Crippen molar-refractivity contribution >= 4 is 26.6 Å². The Bertz CT molecular complexity index is 579. The van der Waals surface area contributed by atoms with E-state index in [0.29, 0.717) is 16.7 Å². The Balaban J connectivity index is 3.43. The van der Waals surface area contributed by atoms with Crippen molar-refractivity contribution in [2.24, 2.45) is 0 Å². The second-order valence-corrected chi connectivity index (χ2v) is 10.4. The molecule has 0 atom stereocenters. The maximum absolute atomic E-state index is 11.7. The molecule has 0 aliphatic rings. The highest BCUT2D eigenvalue weighted by atomic mass is 28.3. The fourth-order valence-electron chi connectivity index (χ4n) is 1.66. The molecule has 0 aliphatic carbocycles. The number of hydrogen-bond donors (Lipinski definition) is 2. The van der Waals surface area contributed by atoms with E-state index in [1.807, 2.05) is 0 Å². The van der Waals surface area contributed by atoms with Crippen LogP contribution in [0.25, 0.3) is 0 Å². The van der Waals surface area contributed by atoms with E-state index in [4.69, 9.17) is 4.74 Å². The first-order valence-corrected chi connectivity index (χ1v) is 9.78. The van der Waals surface area contributed by atoms with E-state index in [1.165, 1.54) is 7.11 Å². The van der Waals surface area contributed by atoms with Crippen molar-refractivity contribution in [2.45, 2.75) is 26.6 Å². The highest BCUT2D eigenvalue weighted by Gasteiger charge is 2.21. The van der Waals surface area contributed by atoms with Crippen LogP contribution in [0.15, 0.2) is 12.1 Å². The quantitative estimate of drug-likeness (QED) is 0.478. The van der Waals surface area contributed by atoms with E-state index >= 15 is 0 Å². The summed E-state index contributed by atoms with van der Waals surface area (Å²) in [5.74, 6) is 2.50. The molecule has 0 bridgehead atoms. The largest absolute Gasteiger partial charge is 0.488 e. The van der Waals surface area contributed by atoms with Crippen molar-refractivity contribution in [3.05, 3.63) is 28.8 Å². The number of benzene rings is 1. The summed E-state index contributed by atoms with van der Waals surface area (Å²) in [7, 11) is -1.91. The maximum Gasteiger partial charge on any atom is 0.488 e. The van der Waals surface area contributed by atoms with Gasteiger partial charge in [0.15, 0.2) is 0 Å². The molecule has 0 unspecified atom stereocenters. The van der Waals surface area contributed by atoms with Gasteiger partial charge in [0, 0.05) is 5.56 Å². The molecule has 106 valence electrons. The van der Waals surface area contributed by atoms with Gasteiger partial charge in [0.25, 0.3) is 0 Å². The van der Waals surface area contributed by atoms with E-state index in [-0.39, 0.29) is 5.46 Å². The monoisotopic (exact) mass is 290 g/mol. The van der Waals surface area contributed by atoms with Crippen LogP contribution in [0.5, 0.6) is 0 Å². The first-order chi connectivity index (χ1) is 9.15. The summed E-state index contributed by atoms with van der Waals surface area (Å²) in [6.45, 7) is 7.97. The third kappa shape index (κ3) is 4.24. The molecule has 6 heteroatoms. The number of esters is 1. The number of carbonyl (C=O) groups excluding carboxylic acids is 1. The lowest BCUT2D eigenvalue weighted by Gasteiger charge is -2.11. The molecule has 1 aromatic carbocycles. The predicted octanol–water partition coefficient (Wildman–Crippen LogP) is 0.690. The Hall–Kier alpha value is -1.55. The third-order valence-electron chi connectivity index (χ3n) is 2.71. The van der Waals surface area contributed by atoms with Gasteiger partial charge < -0.3 is 14.8 Å². The third-order valence-corrected chi connectivity index (χ3v) is 3.59. The highest BCUT2D eigenvalue weighted by molar-refractivity contribution is 6.83. The van der Waals surface area contributed by atoms with Crippen molar-refractivity contribution in [1.29, 1.82) is 0 Å². The SMILES string of the molecule is COC(=O)c1cc(C#C[Si](C)(C)C)cc(B(O)O)c1C. The summed E-state index contributed by atoms with van der Waals surface area (Å²) in [5.41, 5.74) is 4.83. The number of ether oxygens (including phenoxy) is 1. The van der Waals surface area contributed by atoms with Crippen LogP contribution in [-0.2, 0) is 4.74 Å². The Morgan fingerprint density at radius 3 is 2.35 bits per heavy atom. The molecule has 0 saturated heterocycles. The lowest BCUT2D eigenvalue weighted by Crippen LogP contribution is -2.34. The number of hydrogen-bond acceptors (Lipinski definition) is 4. The van der Waals surface area contributed by atoms with Crippen LogP contribution in [0, 0.1) is 18.4 Å². The van der Waals surface area contributed by atoms with Gasteiger partial charge in [0.1, 0.15) is 8.07 Å². The maximum atomic E-state index is 11.7. The van der Waals surface area contributed by atoms with Gasteiger partial charge in [-0.15, -0.1) is 5.54 Å². The first-order valence-electron chi connectivity index (χ1n) is 6.28. The van der Waals surface area contributed by atoms with Crippen LogP contribution < -0.4 is 5.46 Å². The van der Waals surface area contributed by atoms with Crippen molar-refractivity contribution in [3.63, 3.8) is 0 Å². The van der Waals surface area contributed by atoms with Crippen LogP contribution in [-0.4, -0.2) is 38.3 Å². The van der Waals surface area contributed by atoms with Gasteiger partial charge in [0.05, 0.1) is 12.7 Å². The molecule has 1 rings (SSSR count). The molecular formula is C14H19BO4Si. The van der Waals surface area contributed by atoms with Crippen LogP contribution in [0.4, 0.5) is 0 Å². The van der Waals surface area contributed by atoms with E-state index in [0.717, 1.165) is 0 Å². The van der Waals surface area contributed by atoms with Crippen molar-refractivity contribution < 1.29 is 19.6 Å². The zero-order valence-corrected chi connectivity index (χ0v) is 13.4. The Morgan fingerprint density at radius 2 is 1.90 bits per heavy atom. The minimum atomic E-state index is -1.65. The molecule has 2 N–H and O–H groups in total. The van der Waals surface area contributed by atoms with Crippen molar-refractivity contribution in [1.82, 2.24) is 0 Å². The van der Waals surface area contributed by atoms with Crippen molar-refractivity contribution in [3.8, 4) is 11.5 Å². The van der Waals surface area contributed by atoms with Gasteiger partial charge in [-0.3, -0.25) is 0 Å². The number of methoxy groups -OCH3 is 1. The summed E-state index contributed by atoms with van der Waals surface area (Å²) >= 11 is 0. The fourth-order valence-corrected chi connectivity index (χ4v) is 2.18. The van der Waals surface area contributed by atoms with Gasteiger partial charge in [-0.1, -0.05) is 25.6 Å². The summed E-state index contributed by atoms with van der Waals surface area (Å²) in [6.07, 6.45) is 0. The van der Waals surface area contributed by atoms with Gasteiger partial charge in [-0.25, -0.2) is 4.79 Å². The lowest BCUT2D eigenvalue weighted by atomic mass is 9.75. The Morgan fingerprint density at radius 1 is 1.30 bits per heavy atom. The molecule has 1 aromatic rings. The van der Waals surface area contributed by atoms with E-state index < -0.39 is 21.2 Å². The van der Waals surface area contributed by atoms with Crippen LogP contribution in [0.3, 0.4) is 0 Å². The molecule has 0 fully saturated rings. The molecule has 0 saturated carbocycles. The van der Waals surface area contributed by atoms with Crippen LogP contribution in [0.1, 0.15) is 21.5 Å². The highest BCUT2D eigenvalue weighted by Crippen LogP contribution is 2.11. The lowest BCUT2D eigenvalue weighted by molar-refractivity contribution is 0.0600. The molecular weight excluding hydrogens is 271 g/mol. The molecule has 0 spiro atoms. The molecule has 0 heterocycles. The average Bonchev–Trinajstić information content (AvgIpc) is 2.35. The molecule has 0 amide bonds. The number of rotatable bonds is 2. The molecule has 20 heavy (non-hydrogen) atoms. The van der Waals surface area contributed by atoms with Gasteiger partial charge >= 0.3 is 13.1 Å². The molecule has 4 nitrogen and oxygen atoms in total. The molecule has 0 aromatic heterocycles. The van der Waals surface area contributed by atoms with Crippen molar-refractivity contribution in [2.75, 3.05) is 7.11 Å². The summed E-state index contributed by atoms with van der Waals surface area (Å²) in [5, 5.41) is 18.8. The summed E-state index contributed by atoms with van der Waals surface area (Å²) < 4.78 is 4.71. The summed E-state index contributed by atoms with van der Waals surface area (Å²) in [4.78, 5) is 11.7. The molecule has 0 aliphatic heterocycles. The standard InChI is InChI=1S/C14H19BO4Si/c1-10-12(14(16)19-2)8-11(6-7-20(3,4)5)9-13(10)15(17)18/h8-9,17-18H,1-5H3. The number of carbonyl (C=O) groups is 1. The Labute approximate surface area is 120 Å². The topological polar surface area (TPSA) is 66.8 Å². The second-order valence-electron chi connectivity index (χ2n) is 5.60. The van der Waals surface area contributed by atoms with E-state index in [9.17, 15) is 14.8 Å².